The van der Waals surface area contributed by atoms with Crippen LogP contribution < -0.4 is 15.4 Å². The highest BCUT2D eigenvalue weighted by Crippen LogP contribution is 2.15. The summed E-state index contributed by atoms with van der Waals surface area (Å²) in [5, 5.41) is 6.50. The van der Waals surface area contributed by atoms with E-state index in [1.54, 1.807) is 7.05 Å². The number of rotatable bonds is 7. The summed E-state index contributed by atoms with van der Waals surface area (Å²) in [5.41, 5.74) is 1.18. The van der Waals surface area contributed by atoms with Gasteiger partial charge in [0.1, 0.15) is 5.75 Å². The highest BCUT2D eigenvalue weighted by atomic mass is 16.5. The van der Waals surface area contributed by atoms with E-state index in [2.05, 4.69) is 35.5 Å². The van der Waals surface area contributed by atoms with Crippen molar-refractivity contribution >= 4 is 5.96 Å². The smallest absolute Gasteiger partial charge is 0.190 e. The van der Waals surface area contributed by atoms with Crippen LogP contribution >= 0.6 is 0 Å². The van der Waals surface area contributed by atoms with Gasteiger partial charge in [0.25, 0.3) is 0 Å². The number of nitrogens with one attached hydrogen (secondary N) is 2. The summed E-state index contributed by atoms with van der Waals surface area (Å²) < 4.78 is 5.73. The topological polar surface area (TPSA) is 45.7 Å². The van der Waals surface area contributed by atoms with E-state index in [1.165, 1.54) is 5.56 Å². The summed E-state index contributed by atoms with van der Waals surface area (Å²) >= 11 is 0. The molecule has 0 aliphatic carbocycles. The van der Waals surface area contributed by atoms with E-state index < -0.39 is 0 Å². The Morgan fingerprint density at radius 2 is 1.95 bits per heavy atom. The lowest BCUT2D eigenvalue weighted by Crippen LogP contribution is -2.38. The third kappa shape index (κ3) is 6.13. The average molecular weight is 263 g/mol. The van der Waals surface area contributed by atoms with Gasteiger partial charge >= 0.3 is 0 Å². The Kier molecular flexibility index (Phi) is 7.47. The van der Waals surface area contributed by atoms with Gasteiger partial charge in [0.2, 0.25) is 0 Å². The van der Waals surface area contributed by atoms with Crippen molar-refractivity contribution < 1.29 is 4.74 Å². The van der Waals surface area contributed by atoms with Crippen molar-refractivity contribution in [2.24, 2.45) is 4.99 Å². The molecular formula is C15H25N3O. The molecule has 0 bridgehead atoms. The molecule has 4 heteroatoms. The standard InChI is InChI=1S/C15H25N3O/c1-4-10-17-15(16-3)18-11-7-12-19-14-9-6-5-8-13(14)2/h5-6,8-9H,4,7,10-12H2,1-3H3,(H2,16,17,18). The predicted molar refractivity (Wildman–Crippen MR) is 80.9 cm³/mol. The monoisotopic (exact) mass is 263 g/mol. The van der Waals surface area contributed by atoms with Gasteiger partial charge in [-0.2, -0.15) is 0 Å². The summed E-state index contributed by atoms with van der Waals surface area (Å²) in [4.78, 5) is 4.15. The third-order valence-electron chi connectivity index (χ3n) is 2.73. The Balaban J connectivity index is 2.16. The highest BCUT2D eigenvalue weighted by molar-refractivity contribution is 5.79. The predicted octanol–water partition coefficient (Wildman–Crippen LogP) is 2.34. The van der Waals surface area contributed by atoms with E-state index >= 15 is 0 Å². The molecule has 0 aliphatic rings. The lowest BCUT2D eigenvalue weighted by molar-refractivity contribution is 0.309. The largest absolute Gasteiger partial charge is 0.493 e. The molecule has 0 amide bonds. The number of hydrogen-bond acceptors (Lipinski definition) is 2. The van der Waals surface area contributed by atoms with Gasteiger partial charge in [-0.1, -0.05) is 25.1 Å². The van der Waals surface area contributed by atoms with E-state index in [-0.39, 0.29) is 0 Å². The molecule has 19 heavy (non-hydrogen) atoms. The van der Waals surface area contributed by atoms with Crippen LogP contribution in [0.3, 0.4) is 0 Å². The molecule has 0 spiro atoms. The lowest BCUT2D eigenvalue weighted by atomic mass is 10.2. The Labute approximate surface area is 116 Å². The molecule has 0 heterocycles. The second-order valence-corrected chi connectivity index (χ2v) is 4.39. The zero-order chi connectivity index (χ0) is 13.9. The summed E-state index contributed by atoms with van der Waals surface area (Å²) in [6, 6.07) is 8.08. The van der Waals surface area contributed by atoms with E-state index in [0.717, 1.165) is 37.6 Å². The molecule has 1 rings (SSSR count). The second-order valence-electron chi connectivity index (χ2n) is 4.39. The van der Waals surface area contributed by atoms with Crippen LogP contribution in [-0.4, -0.2) is 32.7 Å². The van der Waals surface area contributed by atoms with Gasteiger partial charge in [-0.05, 0) is 31.4 Å². The van der Waals surface area contributed by atoms with Crippen molar-refractivity contribution in [1.82, 2.24) is 10.6 Å². The van der Waals surface area contributed by atoms with Gasteiger partial charge in [-0.25, -0.2) is 0 Å². The van der Waals surface area contributed by atoms with Crippen LogP contribution in [-0.2, 0) is 0 Å². The van der Waals surface area contributed by atoms with Gasteiger partial charge in [-0.15, -0.1) is 0 Å². The Morgan fingerprint density at radius 1 is 1.21 bits per heavy atom. The summed E-state index contributed by atoms with van der Waals surface area (Å²) in [7, 11) is 1.79. The molecular weight excluding hydrogens is 238 g/mol. The normalized spacial score (nSPS) is 11.2. The quantitative estimate of drug-likeness (QED) is 0.451. The number of para-hydroxylation sites is 1. The van der Waals surface area contributed by atoms with Crippen LogP contribution in [0.2, 0.25) is 0 Å². The molecule has 4 nitrogen and oxygen atoms in total. The first-order valence-corrected chi connectivity index (χ1v) is 6.91. The first kappa shape index (κ1) is 15.3. The average Bonchev–Trinajstić information content (AvgIpc) is 2.43. The van der Waals surface area contributed by atoms with Crippen LogP contribution in [0.1, 0.15) is 25.3 Å². The summed E-state index contributed by atoms with van der Waals surface area (Å²) in [6.45, 7) is 6.71. The van der Waals surface area contributed by atoms with Crippen molar-refractivity contribution in [1.29, 1.82) is 0 Å². The van der Waals surface area contributed by atoms with E-state index in [9.17, 15) is 0 Å². The van der Waals surface area contributed by atoms with Gasteiger partial charge in [0.05, 0.1) is 6.61 Å². The number of nitrogens with zero attached hydrogens (tertiary/aromatic N) is 1. The minimum atomic E-state index is 0.711. The first-order valence-electron chi connectivity index (χ1n) is 6.91. The number of hydrogen-bond donors (Lipinski definition) is 2. The van der Waals surface area contributed by atoms with Crippen molar-refractivity contribution in [3.05, 3.63) is 29.8 Å². The molecule has 0 saturated heterocycles. The van der Waals surface area contributed by atoms with Gasteiger partial charge in [-0.3, -0.25) is 4.99 Å². The molecule has 2 N–H and O–H groups in total. The van der Waals surface area contributed by atoms with Crippen molar-refractivity contribution in [3.63, 3.8) is 0 Å². The summed E-state index contributed by atoms with van der Waals surface area (Å²) in [6.07, 6.45) is 2.04. The van der Waals surface area contributed by atoms with Crippen LogP contribution in [0, 0.1) is 6.92 Å². The minimum absolute atomic E-state index is 0.711. The van der Waals surface area contributed by atoms with Gasteiger partial charge < -0.3 is 15.4 Å². The first-order chi connectivity index (χ1) is 9.27. The van der Waals surface area contributed by atoms with Crippen molar-refractivity contribution in [3.8, 4) is 5.75 Å². The molecule has 0 radical (unpaired) electrons. The number of aliphatic imine (C=N–C) groups is 1. The van der Waals surface area contributed by atoms with E-state index in [1.807, 2.05) is 18.2 Å². The maximum absolute atomic E-state index is 5.73. The molecule has 1 aromatic rings. The molecule has 0 fully saturated rings. The molecule has 0 unspecified atom stereocenters. The molecule has 0 saturated carbocycles. The van der Waals surface area contributed by atoms with E-state index in [4.69, 9.17) is 4.74 Å². The second kappa shape index (κ2) is 9.25. The summed E-state index contributed by atoms with van der Waals surface area (Å²) in [5.74, 6) is 1.83. The van der Waals surface area contributed by atoms with Crippen molar-refractivity contribution in [2.45, 2.75) is 26.7 Å². The maximum atomic E-state index is 5.73. The highest BCUT2D eigenvalue weighted by Gasteiger charge is 1.98. The van der Waals surface area contributed by atoms with Crippen LogP contribution in [0.15, 0.2) is 29.3 Å². The SMILES string of the molecule is CCCNC(=NC)NCCCOc1ccccc1C. The lowest BCUT2D eigenvalue weighted by Gasteiger charge is -2.12. The Morgan fingerprint density at radius 3 is 2.63 bits per heavy atom. The third-order valence-corrected chi connectivity index (χ3v) is 2.73. The zero-order valence-electron chi connectivity index (χ0n) is 12.2. The molecule has 0 atom stereocenters. The molecule has 0 aliphatic heterocycles. The number of benzene rings is 1. The zero-order valence-corrected chi connectivity index (χ0v) is 12.2. The van der Waals surface area contributed by atoms with Crippen LogP contribution in [0.25, 0.3) is 0 Å². The molecule has 0 aromatic heterocycles. The fourth-order valence-corrected chi connectivity index (χ4v) is 1.64. The number of aryl methyl sites for hydroxylation is 1. The maximum Gasteiger partial charge on any atom is 0.190 e. The van der Waals surface area contributed by atoms with Gasteiger partial charge in [0.15, 0.2) is 5.96 Å². The minimum Gasteiger partial charge on any atom is -0.493 e. The number of guanidine groups is 1. The fourth-order valence-electron chi connectivity index (χ4n) is 1.64. The van der Waals surface area contributed by atoms with Gasteiger partial charge in [0, 0.05) is 20.1 Å². The van der Waals surface area contributed by atoms with E-state index in [0.29, 0.717) is 6.61 Å². The molecule has 1 aromatic carbocycles. The van der Waals surface area contributed by atoms with Crippen LogP contribution in [0.5, 0.6) is 5.75 Å². The van der Waals surface area contributed by atoms with Crippen LogP contribution in [0.4, 0.5) is 0 Å². The van der Waals surface area contributed by atoms with Crippen molar-refractivity contribution in [2.75, 3.05) is 26.7 Å². The Hall–Kier alpha value is -1.71. The molecule has 106 valence electrons. The number of ether oxygens (including phenoxy) is 1. The Bertz CT molecular complexity index is 391. The fraction of sp³-hybridized carbons (Fsp3) is 0.533.